The second-order valence-corrected chi connectivity index (χ2v) is 6.74. The van der Waals surface area contributed by atoms with Crippen molar-refractivity contribution in [2.45, 2.75) is 64.0 Å². The van der Waals surface area contributed by atoms with Crippen LogP contribution in [0.3, 0.4) is 0 Å². The van der Waals surface area contributed by atoms with Crippen molar-refractivity contribution < 1.29 is 19.4 Å². The van der Waals surface area contributed by atoms with Gasteiger partial charge in [0, 0.05) is 0 Å². The number of hydrogen-bond acceptors (Lipinski definition) is 4. The second-order valence-electron chi connectivity index (χ2n) is 6.74. The molecule has 1 fully saturated rings. The lowest BCUT2D eigenvalue weighted by Crippen LogP contribution is -2.49. The molecular weight excluding hydrogens is 286 g/mol. The molecule has 1 aromatic heterocycles. The minimum absolute atomic E-state index is 0.0501. The maximum atomic E-state index is 12.2. The summed E-state index contributed by atoms with van der Waals surface area (Å²) >= 11 is 0. The lowest BCUT2D eigenvalue weighted by Gasteiger charge is -2.37. The van der Waals surface area contributed by atoms with Crippen LogP contribution < -0.4 is 5.32 Å². The summed E-state index contributed by atoms with van der Waals surface area (Å²) in [4.78, 5) is 23.2. The Bertz CT molecular complexity index is 553. The number of amides is 1. The van der Waals surface area contributed by atoms with Gasteiger partial charge in [-0.05, 0) is 39.7 Å². The van der Waals surface area contributed by atoms with Crippen LogP contribution >= 0.6 is 0 Å². The quantitative estimate of drug-likeness (QED) is 0.796. The predicted molar refractivity (Wildman–Crippen MR) is 79.7 cm³/mol. The van der Waals surface area contributed by atoms with E-state index < -0.39 is 23.2 Å². The molecule has 0 radical (unpaired) electrons. The summed E-state index contributed by atoms with van der Waals surface area (Å²) in [5.41, 5.74) is -0.650. The van der Waals surface area contributed by atoms with Crippen molar-refractivity contribution in [3.8, 4) is 0 Å². The fourth-order valence-electron chi connectivity index (χ4n) is 2.79. The molecule has 122 valence electrons. The summed E-state index contributed by atoms with van der Waals surface area (Å²) in [7, 11) is 0. The molecule has 0 aliphatic heterocycles. The van der Waals surface area contributed by atoms with Gasteiger partial charge in [-0.2, -0.15) is 5.10 Å². The number of aromatic nitrogens is 2. The lowest BCUT2D eigenvalue weighted by atomic mass is 9.79. The third kappa shape index (κ3) is 3.78. The average molecular weight is 309 g/mol. The van der Waals surface area contributed by atoms with Crippen LogP contribution in [-0.2, 0) is 10.3 Å². The number of rotatable bonds is 3. The third-order valence-electron chi connectivity index (χ3n) is 3.76. The molecule has 1 amide bonds. The first-order valence-corrected chi connectivity index (χ1v) is 7.52. The molecule has 0 bridgehead atoms. The number of H-pyrrole nitrogens is 1. The number of nitrogens with one attached hydrogen (secondary N) is 2. The molecule has 1 saturated carbocycles. The molecule has 22 heavy (non-hydrogen) atoms. The Morgan fingerprint density at radius 1 is 1.32 bits per heavy atom. The van der Waals surface area contributed by atoms with Crippen LogP contribution in [0.5, 0.6) is 0 Å². The molecule has 1 aromatic rings. The minimum atomic E-state index is -1.09. The van der Waals surface area contributed by atoms with E-state index in [1.807, 2.05) is 0 Å². The molecule has 0 aromatic carbocycles. The van der Waals surface area contributed by atoms with Crippen LogP contribution in [0.2, 0.25) is 0 Å². The molecule has 3 N–H and O–H groups in total. The Hall–Kier alpha value is -2.05. The SMILES string of the molecule is CC(C)(C)OC(=O)NC1(c2cc(C(=O)O)n[nH]2)CCCCC1. The Morgan fingerprint density at radius 3 is 2.45 bits per heavy atom. The van der Waals surface area contributed by atoms with Gasteiger partial charge in [-0.25, -0.2) is 9.59 Å². The highest BCUT2D eigenvalue weighted by Gasteiger charge is 2.38. The van der Waals surface area contributed by atoms with Crippen LogP contribution in [0.4, 0.5) is 4.79 Å². The topological polar surface area (TPSA) is 104 Å². The average Bonchev–Trinajstić information content (AvgIpc) is 2.87. The van der Waals surface area contributed by atoms with Crippen molar-refractivity contribution >= 4 is 12.1 Å². The molecule has 1 heterocycles. The van der Waals surface area contributed by atoms with Crippen molar-refractivity contribution in [1.29, 1.82) is 0 Å². The number of hydrogen-bond donors (Lipinski definition) is 3. The van der Waals surface area contributed by atoms with E-state index in [1.54, 1.807) is 20.8 Å². The van der Waals surface area contributed by atoms with Gasteiger partial charge in [0.2, 0.25) is 0 Å². The molecule has 0 atom stereocenters. The number of aromatic amines is 1. The monoisotopic (exact) mass is 309 g/mol. The van der Waals surface area contributed by atoms with Gasteiger partial charge in [0.1, 0.15) is 5.60 Å². The molecule has 2 rings (SSSR count). The van der Waals surface area contributed by atoms with Gasteiger partial charge in [0.15, 0.2) is 5.69 Å². The molecule has 0 saturated heterocycles. The van der Waals surface area contributed by atoms with Crippen LogP contribution in [-0.4, -0.2) is 33.0 Å². The minimum Gasteiger partial charge on any atom is -0.476 e. The van der Waals surface area contributed by atoms with Crippen molar-refractivity contribution in [1.82, 2.24) is 15.5 Å². The van der Waals surface area contributed by atoms with Gasteiger partial charge >= 0.3 is 12.1 Å². The van der Waals surface area contributed by atoms with Crippen molar-refractivity contribution in [3.05, 3.63) is 17.5 Å². The van der Waals surface area contributed by atoms with Gasteiger partial charge in [-0.15, -0.1) is 0 Å². The van der Waals surface area contributed by atoms with E-state index in [4.69, 9.17) is 9.84 Å². The first kappa shape index (κ1) is 16.3. The van der Waals surface area contributed by atoms with E-state index in [0.29, 0.717) is 5.69 Å². The third-order valence-corrected chi connectivity index (χ3v) is 3.76. The lowest BCUT2D eigenvalue weighted by molar-refractivity contribution is 0.0416. The molecule has 0 unspecified atom stereocenters. The summed E-state index contributed by atoms with van der Waals surface area (Å²) in [5.74, 6) is -1.09. The van der Waals surface area contributed by atoms with Gasteiger partial charge in [0.05, 0.1) is 11.2 Å². The first-order chi connectivity index (χ1) is 10.2. The zero-order chi connectivity index (χ0) is 16.4. The Morgan fingerprint density at radius 2 is 1.95 bits per heavy atom. The van der Waals surface area contributed by atoms with Crippen LogP contribution in [0.15, 0.2) is 6.07 Å². The number of carboxylic acid groups (broad SMARTS) is 1. The number of carbonyl (C=O) groups is 2. The summed E-state index contributed by atoms with van der Waals surface area (Å²) < 4.78 is 5.34. The Balaban J connectivity index is 2.23. The molecule has 1 aliphatic rings. The second kappa shape index (κ2) is 5.98. The van der Waals surface area contributed by atoms with Crippen LogP contribution in [0.1, 0.15) is 69.1 Å². The maximum absolute atomic E-state index is 12.2. The largest absolute Gasteiger partial charge is 0.476 e. The standard InChI is InChI=1S/C15H23N3O4/c1-14(2,3)22-13(21)16-15(7-5-4-6-8-15)11-9-10(12(19)20)17-18-11/h9H,4-8H2,1-3H3,(H,16,21)(H,17,18)(H,19,20). The first-order valence-electron chi connectivity index (χ1n) is 7.52. The highest BCUT2D eigenvalue weighted by atomic mass is 16.6. The van der Waals surface area contributed by atoms with E-state index in [1.165, 1.54) is 6.07 Å². The van der Waals surface area contributed by atoms with Gasteiger partial charge in [-0.1, -0.05) is 19.3 Å². The van der Waals surface area contributed by atoms with Crippen molar-refractivity contribution in [3.63, 3.8) is 0 Å². The van der Waals surface area contributed by atoms with E-state index in [0.717, 1.165) is 32.1 Å². The van der Waals surface area contributed by atoms with Crippen LogP contribution in [0.25, 0.3) is 0 Å². The molecule has 7 nitrogen and oxygen atoms in total. The number of carboxylic acids is 1. The maximum Gasteiger partial charge on any atom is 0.408 e. The highest BCUT2D eigenvalue weighted by molar-refractivity contribution is 5.85. The molecule has 1 aliphatic carbocycles. The fourth-order valence-corrected chi connectivity index (χ4v) is 2.79. The normalized spacial score (nSPS) is 17.8. The molecule has 7 heteroatoms. The van der Waals surface area contributed by atoms with E-state index >= 15 is 0 Å². The number of aromatic carboxylic acids is 1. The number of alkyl carbamates (subject to hydrolysis) is 1. The van der Waals surface area contributed by atoms with Gasteiger partial charge < -0.3 is 15.2 Å². The van der Waals surface area contributed by atoms with E-state index in [9.17, 15) is 9.59 Å². The summed E-state index contributed by atoms with van der Waals surface area (Å²) in [6.07, 6.45) is 3.97. The Kier molecular flexibility index (Phi) is 4.44. The summed E-state index contributed by atoms with van der Waals surface area (Å²) in [6.45, 7) is 5.41. The van der Waals surface area contributed by atoms with Crippen molar-refractivity contribution in [2.75, 3.05) is 0 Å². The predicted octanol–water partition coefficient (Wildman–Crippen LogP) is 2.79. The van der Waals surface area contributed by atoms with E-state index in [-0.39, 0.29) is 5.69 Å². The fraction of sp³-hybridized carbons (Fsp3) is 0.667. The Labute approximate surface area is 129 Å². The molecule has 0 spiro atoms. The van der Waals surface area contributed by atoms with Gasteiger partial charge in [-0.3, -0.25) is 5.10 Å². The number of carbonyl (C=O) groups excluding carboxylic acids is 1. The summed E-state index contributed by atoms with van der Waals surface area (Å²) in [6, 6.07) is 1.49. The number of ether oxygens (including phenoxy) is 1. The van der Waals surface area contributed by atoms with Crippen LogP contribution in [0, 0.1) is 0 Å². The smallest absolute Gasteiger partial charge is 0.408 e. The van der Waals surface area contributed by atoms with Gasteiger partial charge in [0.25, 0.3) is 0 Å². The van der Waals surface area contributed by atoms with Crippen molar-refractivity contribution in [2.24, 2.45) is 0 Å². The van der Waals surface area contributed by atoms with E-state index in [2.05, 4.69) is 15.5 Å². The zero-order valence-corrected chi connectivity index (χ0v) is 13.2. The number of nitrogens with zero attached hydrogens (tertiary/aromatic N) is 1. The molecular formula is C15H23N3O4. The zero-order valence-electron chi connectivity index (χ0n) is 13.2. The summed E-state index contributed by atoms with van der Waals surface area (Å²) in [5, 5.41) is 18.5. The highest BCUT2D eigenvalue weighted by Crippen LogP contribution is 2.36.